The van der Waals surface area contributed by atoms with Crippen molar-refractivity contribution in [3.63, 3.8) is 0 Å². The molecule has 0 saturated heterocycles. The zero-order chi connectivity index (χ0) is 17.2. The standard InChI is InChI=1S/C18H16N4O2S/c23-16-13-8-4-5-9-14(13)18(24)22(21-16)11-10-15-19-20-17(25-15)12-6-2-1-3-7-12/h1-9,15,19H,10-11H2,(H,21,23). The Morgan fingerprint density at radius 3 is 2.52 bits per heavy atom. The van der Waals surface area contributed by atoms with Gasteiger partial charge in [-0.05, 0) is 18.6 Å². The smallest absolute Gasteiger partial charge is 0.273 e. The van der Waals surface area contributed by atoms with Gasteiger partial charge in [0.2, 0.25) is 0 Å². The largest absolute Gasteiger partial charge is 0.295 e. The van der Waals surface area contributed by atoms with Gasteiger partial charge in [0.1, 0.15) is 5.04 Å². The van der Waals surface area contributed by atoms with Gasteiger partial charge in [0.05, 0.1) is 16.1 Å². The molecule has 2 N–H and O–H groups in total. The van der Waals surface area contributed by atoms with Crippen molar-refractivity contribution >= 4 is 27.6 Å². The molecule has 0 saturated carbocycles. The maximum absolute atomic E-state index is 12.5. The highest BCUT2D eigenvalue weighted by molar-refractivity contribution is 8.15. The van der Waals surface area contributed by atoms with Crippen LogP contribution in [0.25, 0.3) is 10.8 Å². The summed E-state index contributed by atoms with van der Waals surface area (Å²) in [4.78, 5) is 24.6. The summed E-state index contributed by atoms with van der Waals surface area (Å²) in [6.07, 6.45) is 0.665. The van der Waals surface area contributed by atoms with Gasteiger partial charge in [-0.3, -0.25) is 20.1 Å². The summed E-state index contributed by atoms with van der Waals surface area (Å²) in [6.45, 7) is 0.418. The molecule has 2 heterocycles. The minimum absolute atomic E-state index is 0.0667. The van der Waals surface area contributed by atoms with Crippen molar-refractivity contribution in [1.82, 2.24) is 15.2 Å². The molecule has 126 valence electrons. The quantitative estimate of drug-likeness (QED) is 0.754. The molecule has 1 aliphatic rings. The highest BCUT2D eigenvalue weighted by atomic mass is 32.2. The van der Waals surface area contributed by atoms with Crippen molar-refractivity contribution in [3.8, 4) is 0 Å². The second kappa shape index (κ2) is 6.60. The first-order valence-corrected chi connectivity index (χ1v) is 8.87. The lowest BCUT2D eigenvalue weighted by molar-refractivity contribution is 0.514. The van der Waals surface area contributed by atoms with Crippen molar-refractivity contribution in [2.75, 3.05) is 0 Å². The van der Waals surface area contributed by atoms with E-state index in [4.69, 9.17) is 0 Å². The Balaban J connectivity index is 1.48. The number of nitrogens with zero attached hydrogens (tertiary/aromatic N) is 2. The monoisotopic (exact) mass is 352 g/mol. The maximum atomic E-state index is 12.5. The number of aromatic amines is 1. The fourth-order valence-electron chi connectivity index (χ4n) is 2.81. The molecular formula is C18H16N4O2S. The second-order valence-corrected chi connectivity index (χ2v) is 6.94. The number of aromatic nitrogens is 2. The summed E-state index contributed by atoms with van der Waals surface area (Å²) >= 11 is 1.63. The van der Waals surface area contributed by atoms with Crippen LogP contribution in [0.15, 0.2) is 69.3 Å². The van der Waals surface area contributed by atoms with E-state index in [9.17, 15) is 9.59 Å². The Labute approximate surface area is 147 Å². The lowest BCUT2D eigenvalue weighted by Crippen LogP contribution is -2.31. The van der Waals surface area contributed by atoms with Gasteiger partial charge >= 0.3 is 0 Å². The topological polar surface area (TPSA) is 79.2 Å². The summed E-state index contributed by atoms with van der Waals surface area (Å²) in [5.41, 5.74) is 3.73. The molecule has 1 aliphatic heterocycles. The number of nitrogens with one attached hydrogen (secondary N) is 2. The molecule has 0 fully saturated rings. The first-order chi connectivity index (χ1) is 12.2. The van der Waals surface area contributed by atoms with Crippen LogP contribution in [0.1, 0.15) is 12.0 Å². The zero-order valence-electron chi connectivity index (χ0n) is 13.3. The fourth-order valence-corrected chi connectivity index (χ4v) is 3.78. The van der Waals surface area contributed by atoms with Crippen LogP contribution in [-0.2, 0) is 6.54 Å². The lowest BCUT2D eigenvalue weighted by Gasteiger charge is -2.11. The van der Waals surface area contributed by atoms with E-state index in [-0.39, 0.29) is 16.5 Å². The SMILES string of the molecule is O=c1[nH]n(CCC2NN=C(c3ccccc3)S2)c(=O)c2ccccc12. The van der Waals surface area contributed by atoms with Gasteiger partial charge in [-0.1, -0.05) is 54.2 Å². The molecule has 4 rings (SSSR count). The second-order valence-electron chi connectivity index (χ2n) is 5.75. The van der Waals surface area contributed by atoms with Gasteiger partial charge in [-0.25, -0.2) is 4.68 Å². The number of hydrogen-bond acceptors (Lipinski definition) is 5. The summed E-state index contributed by atoms with van der Waals surface area (Å²) < 4.78 is 1.38. The molecule has 1 aromatic heterocycles. The molecule has 1 unspecified atom stereocenters. The number of H-pyrrole nitrogens is 1. The average molecular weight is 352 g/mol. The summed E-state index contributed by atoms with van der Waals surface area (Å²) in [7, 11) is 0. The number of aryl methyl sites for hydroxylation is 1. The predicted molar refractivity (Wildman–Crippen MR) is 101 cm³/mol. The Morgan fingerprint density at radius 2 is 1.72 bits per heavy atom. The molecule has 6 nitrogen and oxygen atoms in total. The van der Waals surface area contributed by atoms with Crippen LogP contribution in [0.2, 0.25) is 0 Å². The van der Waals surface area contributed by atoms with E-state index in [1.165, 1.54) is 4.68 Å². The van der Waals surface area contributed by atoms with E-state index < -0.39 is 0 Å². The number of fused-ring (bicyclic) bond motifs is 1. The van der Waals surface area contributed by atoms with Crippen molar-refractivity contribution in [1.29, 1.82) is 0 Å². The van der Waals surface area contributed by atoms with Crippen LogP contribution in [0.5, 0.6) is 0 Å². The molecule has 2 aromatic carbocycles. The molecule has 0 radical (unpaired) electrons. The van der Waals surface area contributed by atoms with E-state index in [1.807, 2.05) is 30.3 Å². The molecule has 7 heteroatoms. The first-order valence-electron chi connectivity index (χ1n) is 7.99. The summed E-state index contributed by atoms with van der Waals surface area (Å²) in [6, 6.07) is 16.8. The number of rotatable bonds is 4. The van der Waals surface area contributed by atoms with Crippen molar-refractivity contribution in [3.05, 3.63) is 80.9 Å². The summed E-state index contributed by atoms with van der Waals surface area (Å²) in [5, 5.41) is 8.89. The third-order valence-electron chi connectivity index (χ3n) is 4.08. The minimum Gasteiger partial charge on any atom is -0.295 e. The maximum Gasteiger partial charge on any atom is 0.273 e. The molecular weight excluding hydrogens is 336 g/mol. The molecule has 0 bridgehead atoms. The van der Waals surface area contributed by atoms with E-state index in [1.54, 1.807) is 36.0 Å². The number of thioether (sulfide) groups is 1. The van der Waals surface area contributed by atoms with E-state index in [0.29, 0.717) is 23.7 Å². The minimum atomic E-state index is -0.247. The third-order valence-corrected chi connectivity index (χ3v) is 5.26. The molecule has 25 heavy (non-hydrogen) atoms. The fraction of sp³-hybridized carbons (Fsp3) is 0.167. The summed E-state index contributed by atoms with van der Waals surface area (Å²) in [5.74, 6) is 0. The number of benzene rings is 2. The average Bonchev–Trinajstić information content (AvgIpc) is 3.13. The van der Waals surface area contributed by atoms with Crippen LogP contribution in [0, 0.1) is 0 Å². The van der Waals surface area contributed by atoms with Crippen LogP contribution in [0.3, 0.4) is 0 Å². The lowest BCUT2D eigenvalue weighted by atomic mass is 10.2. The Bertz CT molecular complexity index is 1060. The van der Waals surface area contributed by atoms with Crippen LogP contribution < -0.4 is 16.5 Å². The molecule has 0 amide bonds. The normalized spacial score (nSPS) is 16.6. The van der Waals surface area contributed by atoms with Crippen molar-refractivity contribution in [2.24, 2.45) is 5.10 Å². The van der Waals surface area contributed by atoms with Crippen molar-refractivity contribution < 1.29 is 0 Å². The molecule has 1 atom stereocenters. The van der Waals surface area contributed by atoms with Gasteiger partial charge < -0.3 is 0 Å². The van der Waals surface area contributed by atoms with E-state index in [2.05, 4.69) is 15.6 Å². The highest BCUT2D eigenvalue weighted by Gasteiger charge is 2.20. The third kappa shape index (κ3) is 3.10. The molecule has 0 aliphatic carbocycles. The van der Waals surface area contributed by atoms with Gasteiger partial charge in [-0.15, -0.1) is 0 Å². The van der Waals surface area contributed by atoms with E-state index in [0.717, 1.165) is 10.6 Å². The van der Waals surface area contributed by atoms with Crippen LogP contribution in [0.4, 0.5) is 0 Å². The van der Waals surface area contributed by atoms with Gasteiger partial charge in [0, 0.05) is 12.1 Å². The molecule has 0 spiro atoms. The van der Waals surface area contributed by atoms with Gasteiger partial charge in [0.25, 0.3) is 11.1 Å². The first kappa shape index (κ1) is 15.7. The Kier molecular flexibility index (Phi) is 4.15. The Hall–Kier alpha value is -2.80. The van der Waals surface area contributed by atoms with Crippen molar-refractivity contribution in [2.45, 2.75) is 18.3 Å². The Morgan fingerprint density at radius 1 is 1.00 bits per heavy atom. The zero-order valence-corrected chi connectivity index (χ0v) is 14.1. The van der Waals surface area contributed by atoms with Gasteiger partial charge in [-0.2, -0.15) is 5.10 Å². The van der Waals surface area contributed by atoms with E-state index >= 15 is 0 Å². The highest BCUT2D eigenvalue weighted by Crippen LogP contribution is 2.24. The number of hydrogen-bond donors (Lipinski definition) is 2. The predicted octanol–water partition coefficient (Wildman–Crippen LogP) is 2.10. The van der Waals surface area contributed by atoms with Gasteiger partial charge in [0.15, 0.2) is 0 Å². The number of hydrazone groups is 1. The van der Waals surface area contributed by atoms with Crippen LogP contribution in [-0.4, -0.2) is 20.2 Å². The molecule has 3 aromatic rings. The van der Waals surface area contributed by atoms with Crippen LogP contribution >= 0.6 is 11.8 Å².